The average Bonchev–Trinajstić information content (AvgIpc) is 2.99. The van der Waals surface area contributed by atoms with Gasteiger partial charge in [-0.3, -0.25) is 14.4 Å². The minimum Gasteiger partial charge on any atom is -0.391 e. The summed E-state index contributed by atoms with van der Waals surface area (Å²) in [4.78, 5) is 37.5. The summed E-state index contributed by atoms with van der Waals surface area (Å²) in [5, 5.41) is 16.7. The first kappa shape index (κ1) is 38.1. The summed E-state index contributed by atoms with van der Waals surface area (Å²) in [7, 11) is 3.57. The van der Waals surface area contributed by atoms with Gasteiger partial charge in [0.1, 0.15) is 0 Å². The van der Waals surface area contributed by atoms with Crippen molar-refractivity contribution in [2.45, 2.75) is 104 Å². The molecule has 1 aliphatic rings. The monoisotopic (exact) mass is 598 g/mol. The molecule has 43 heavy (non-hydrogen) atoms. The number of terminal acetylenes is 1. The minimum absolute atomic E-state index is 0.0210. The number of carbonyl (C=O) groups is 3. The summed E-state index contributed by atoms with van der Waals surface area (Å²) in [6.45, 7) is 7.52. The van der Waals surface area contributed by atoms with Crippen LogP contribution in [-0.2, 0) is 20.8 Å². The molecule has 4 atom stereocenters. The Bertz CT molecular complexity index is 972. The van der Waals surface area contributed by atoms with Crippen molar-refractivity contribution in [2.24, 2.45) is 29.4 Å². The van der Waals surface area contributed by atoms with Gasteiger partial charge in [0.2, 0.25) is 17.7 Å². The fourth-order valence-electron chi connectivity index (χ4n) is 5.34. The van der Waals surface area contributed by atoms with E-state index in [9.17, 15) is 19.5 Å². The molecule has 0 aliphatic heterocycles. The fraction of sp³-hybridized carbons (Fsp3) is 0.686. The zero-order valence-electron chi connectivity index (χ0n) is 27.3. The quantitative estimate of drug-likeness (QED) is 0.199. The average molecular weight is 599 g/mol. The lowest BCUT2D eigenvalue weighted by molar-refractivity contribution is -0.134. The number of nitrogens with one attached hydrogen (secondary N) is 2. The van der Waals surface area contributed by atoms with Crippen LogP contribution in [0.15, 0.2) is 30.3 Å². The number of aliphatic hydroxyl groups excluding tert-OH is 1. The molecule has 8 heteroatoms. The van der Waals surface area contributed by atoms with Gasteiger partial charge in [0.05, 0.1) is 18.1 Å². The van der Waals surface area contributed by atoms with Crippen molar-refractivity contribution in [2.75, 3.05) is 27.2 Å². The molecular formula is C35H58N4O4. The molecule has 3 amide bonds. The number of hydrogen-bond acceptors (Lipinski definition) is 5. The topological polar surface area (TPSA) is 125 Å². The number of carbonyl (C=O) groups excluding carboxylic acids is 3. The van der Waals surface area contributed by atoms with E-state index in [1.807, 2.05) is 44.3 Å². The third-order valence-corrected chi connectivity index (χ3v) is 8.29. The van der Waals surface area contributed by atoms with E-state index in [-0.39, 0.29) is 30.2 Å². The van der Waals surface area contributed by atoms with E-state index in [0.29, 0.717) is 31.2 Å². The Morgan fingerprint density at radius 2 is 1.74 bits per heavy atom. The van der Waals surface area contributed by atoms with Crippen LogP contribution in [0.3, 0.4) is 0 Å². The van der Waals surface area contributed by atoms with Crippen molar-refractivity contribution in [1.29, 1.82) is 0 Å². The molecule has 1 fully saturated rings. The highest BCUT2D eigenvalue weighted by Gasteiger charge is 2.27. The van der Waals surface area contributed by atoms with Crippen LogP contribution in [-0.4, -0.2) is 67.1 Å². The van der Waals surface area contributed by atoms with E-state index in [4.69, 9.17) is 12.2 Å². The maximum atomic E-state index is 12.3. The highest BCUT2D eigenvalue weighted by Crippen LogP contribution is 2.29. The van der Waals surface area contributed by atoms with Crippen molar-refractivity contribution in [3.8, 4) is 12.3 Å². The molecule has 0 radical (unpaired) electrons. The first-order valence-electron chi connectivity index (χ1n) is 16.1. The van der Waals surface area contributed by atoms with Crippen molar-refractivity contribution < 1.29 is 19.5 Å². The lowest BCUT2D eigenvalue weighted by atomic mass is 9.83. The molecule has 1 aliphatic carbocycles. The lowest BCUT2D eigenvalue weighted by Gasteiger charge is -2.31. The molecule has 8 nitrogen and oxygen atoms in total. The number of nitrogens with two attached hydrogens (primary N) is 1. The second kappa shape index (κ2) is 21.7. The molecule has 0 aromatic heterocycles. The van der Waals surface area contributed by atoms with E-state index < -0.39 is 17.9 Å². The van der Waals surface area contributed by atoms with E-state index >= 15 is 0 Å². The Labute approximate surface area is 260 Å². The molecule has 0 bridgehead atoms. The van der Waals surface area contributed by atoms with Crippen molar-refractivity contribution >= 4 is 17.7 Å². The molecule has 5 N–H and O–H groups in total. The standard InChI is InChI=1S/C20H35NO2.C15H23N3O2/c1-5-9-16(4)20(23)21-18(19(22)13-12-15(2)3)14-17-10-7-6-8-11-17;1-17-8-9-18(2)14(19)11-13(15(16)20)10-12-6-4-3-5-7-12/h1,15-19,22H,6-14H2,2-4H3,(H,21,23);3-7,13,17H,8-11H2,1-2H3,(H2,16,20)/t16-,18-,19-;13-/m01/s1. The molecule has 0 heterocycles. The van der Waals surface area contributed by atoms with Gasteiger partial charge in [0.25, 0.3) is 0 Å². The Morgan fingerprint density at radius 1 is 1.09 bits per heavy atom. The zero-order valence-corrected chi connectivity index (χ0v) is 27.3. The van der Waals surface area contributed by atoms with E-state index in [0.717, 1.165) is 31.4 Å². The maximum Gasteiger partial charge on any atom is 0.224 e. The van der Waals surface area contributed by atoms with Crippen LogP contribution in [0.1, 0.15) is 90.5 Å². The molecular weight excluding hydrogens is 540 g/mol. The molecule has 0 unspecified atom stereocenters. The molecule has 0 saturated heterocycles. The van der Waals surface area contributed by atoms with E-state index in [1.165, 1.54) is 32.1 Å². The summed E-state index contributed by atoms with van der Waals surface area (Å²) in [5.74, 6) is 2.60. The van der Waals surface area contributed by atoms with Crippen LogP contribution in [0.25, 0.3) is 0 Å². The Balaban J connectivity index is 0.000000434. The smallest absolute Gasteiger partial charge is 0.224 e. The predicted molar refractivity (Wildman–Crippen MR) is 175 cm³/mol. The van der Waals surface area contributed by atoms with Crippen LogP contribution in [0.2, 0.25) is 0 Å². The number of benzene rings is 1. The molecule has 1 aromatic rings. The van der Waals surface area contributed by atoms with Crippen molar-refractivity contribution in [1.82, 2.24) is 15.5 Å². The van der Waals surface area contributed by atoms with Gasteiger partial charge >= 0.3 is 0 Å². The molecule has 1 saturated carbocycles. The Hall–Kier alpha value is -2.89. The van der Waals surface area contributed by atoms with Gasteiger partial charge in [0.15, 0.2) is 0 Å². The van der Waals surface area contributed by atoms with Crippen LogP contribution in [0, 0.1) is 36.0 Å². The summed E-state index contributed by atoms with van der Waals surface area (Å²) in [6.07, 6.45) is 14.9. The van der Waals surface area contributed by atoms with Crippen molar-refractivity contribution in [3.05, 3.63) is 35.9 Å². The van der Waals surface area contributed by atoms with Gasteiger partial charge < -0.3 is 26.4 Å². The first-order chi connectivity index (χ1) is 20.5. The number of rotatable bonds is 17. The van der Waals surface area contributed by atoms with Gasteiger partial charge in [-0.25, -0.2) is 0 Å². The molecule has 242 valence electrons. The fourth-order valence-corrected chi connectivity index (χ4v) is 5.34. The zero-order chi connectivity index (χ0) is 32.2. The van der Waals surface area contributed by atoms with Crippen LogP contribution >= 0.6 is 0 Å². The third-order valence-electron chi connectivity index (χ3n) is 8.29. The summed E-state index contributed by atoms with van der Waals surface area (Å²) in [6, 6.07) is 9.47. The van der Waals surface area contributed by atoms with Gasteiger partial charge in [-0.05, 0) is 50.1 Å². The van der Waals surface area contributed by atoms with Gasteiger partial charge in [-0.15, -0.1) is 12.3 Å². The van der Waals surface area contributed by atoms with Crippen LogP contribution in [0.4, 0.5) is 0 Å². The first-order valence-corrected chi connectivity index (χ1v) is 16.1. The predicted octanol–water partition coefficient (Wildman–Crippen LogP) is 4.30. The number of hydrogen-bond donors (Lipinski definition) is 4. The Kier molecular flexibility index (Phi) is 19.3. The van der Waals surface area contributed by atoms with Gasteiger partial charge in [-0.2, -0.15) is 0 Å². The summed E-state index contributed by atoms with van der Waals surface area (Å²) in [5.41, 5.74) is 6.43. The molecule has 1 aromatic carbocycles. The number of primary amides is 1. The largest absolute Gasteiger partial charge is 0.391 e. The lowest BCUT2D eigenvalue weighted by Crippen LogP contribution is -2.46. The number of nitrogens with zero attached hydrogens (tertiary/aromatic N) is 1. The minimum atomic E-state index is -0.457. The van der Waals surface area contributed by atoms with Crippen LogP contribution < -0.4 is 16.4 Å². The number of aliphatic hydroxyl groups is 1. The maximum absolute atomic E-state index is 12.3. The van der Waals surface area contributed by atoms with Crippen molar-refractivity contribution in [3.63, 3.8) is 0 Å². The third kappa shape index (κ3) is 16.5. The molecule has 0 spiro atoms. The summed E-state index contributed by atoms with van der Waals surface area (Å²) >= 11 is 0. The SMILES string of the molecule is C#CC[C@H](C)C(=O)N[C@@H](CC1CCCCC1)[C@@H](O)CCC(C)C.CNCCN(C)C(=O)C[C@@H](Cc1ccccc1)C(N)=O. The van der Waals surface area contributed by atoms with Gasteiger partial charge in [-0.1, -0.05) is 83.2 Å². The highest BCUT2D eigenvalue weighted by atomic mass is 16.3. The normalized spacial score (nSPS) is 16.1. The second-order valence-electron chi connectivity index (χ2n) is 12.6. The highest BCUT2D eigenvalue weighted by molar-refractivity contribution is 5.85. The van der Waals surface area contributed by atoms with Gasteiger partial charge in [0, 0.05) is 38.9 Å². The second-order valence-corrected chi connectivity index (χ2v) is 12.6. The van der Waals surface area contributed by atoms with E-state index in [2.05, 4.69) is 30.4 Å². The molecule has 2 rings (SSSR count). The Morgan fingerprint density at radius 3 is 2.30 bits per heavy atom. The number of likely N-dealkylation sites (N-methyl/N-ethyl adjacent to an activating group) is 2. The number of amides is 3. The van der Waals surface area contributed by atoms with E-state index in [1.54, 1.807) is 11.9 Å². The van der Waals surface area contributed by atoms with Crippen LogP contribution in [0.5, 0.6) is 0 Å². The summed E-state index contributed by atoms with van der Waals surface area (Å²) < 4.78 is 0.